The predicted molar refractivity (Wildman–Crippen MR) is 147 cm³/mol. The summed E-state index contributed by atoms with van der Waals surface area (Å²) in [5, 5.41) is 0.591. The quantitative estimate of drug-likeness (QED) is 0.114. The van der Waals surface area contributed by atoms with Gasteiger partial charge in [0.25, 0.3) is 0 Å². The number of hydrogen-bond acceptors (Lipinski definition) is 0. The van der Waals surface area contributed by atoms with Crippen LogP contribution >= 0.6 is 31.9 Å². The van der Waals surface area contributed by atoms with Gasteiger partial charge in [0.05, 0.1) is 0 Å². The van der Waals surface area contributed by atoms with Crippen molar-refractivity contribution < 1.29 is 26.3 Å². The predicted octanol–water partition coefficient (Wildman–Crippen LogP) is 10.5. The van der Waals surface area contributed by atoms with Gasteiger partial charge in [0.1, 0.15) is 0 Å². The molecule has 0 nitrogen and oxygen atoms in total. The molecule has 0 saturated heterocycles. The van der Waals surface area contributed by atoms with E-state index in [1.807, 2.05) is 27.7 Å². The van der Waals surface area contributed by atoms with Crippen LogP contribution in [-0.2, 0) is 10.7 Å². The molecule has 0 atom stereocenters. The number of halogens is 8. The minimum Gasteiger partial charge on any atom is -0.204 e. The third kappa shape index (κ3) is 4.81. The number of alkyl halides is 2. The molecule has 38 heavy (non-hydrogen) atoms. The number of hydrogen-bond donors (Lipinski definition) is 0. The van der Waals surface area contributed by atoms with E-state index in [2.05, 4.69) is 31.9 Å². The maximum absolute atomic E-state index is 14.2. The molecule has 0 fully saturated rings. The monoisotopic (exact) mass is 654 g/mol. The number of rotatable bonds is 5. The zero-order chi connectivity index (χ0) is 28.0. The lowest BCUT2D eigenvalue weighted by Crippen LogP contribution is -2.05. The topological polar surface area (TPSA) is 0 Å². The minimum atomic E-state index is -1.54. The summed E-state index contributed by atoms with van der Waals surface area (Å²) in [6.45, 7) is 7.56. The van der Waals surface area contributed by atoms with Crippen molar-refractivity contribution in [2.45, 2.75) is 38.4 Å². The Kier molecular flexibility index (Phi) is 8.15. The van der Waals surface area contributed by atoms with Crippen LogP contribution in [0, 0.1) is 62.6 Å². The van der Waals surface area contributed by atoms with Gasteiger partial charge >= 0.3 is 0 Å². The van der Waals surface area contributed by atoms with Gasteiger partial charge in [0.2, 0.25) is 0 Å². The van der Waals surface area contributed by atoms with Crippen molar-refractivity contribution in [2.24, 2.45) is 0 Å². The van der Waals surface area contributed by atoms with E-state index < -0.39 is 34.9 Å². The van der Waals surface area contributed by atoms with Crippen LogP contribution in [0.2, 0.25) is 0 Å². The fraction of sp³-hybridized carbons (Fsp3) is 0.200. The maximum Gasteiger partial charge on any atom is 0.194 e. The van der Waals surface area contributed by atoms with Crippen LogP contribution in [0.25, 0.3) is 33.4 Å². The van der Waals surface area contributed by atoms with Gasteiger partial charge in [-0.2, -0.15) is 0 Å². The van der Waals surface area contributed by atoms with Crippen molar-refractivity contribution in [1.82, 2.24) is 0 Å². The summed E-state index contributed by atoms with van der Waals surface area (Å²) in [5.41, 5.74) is 7.78. The van der Waals surface area contributed by atoms with E-state index in [0.717, 1.165) is 57.6 Å². The Hall–Kier alpha value is -2.58. The largest absolute Gasteiger partial charge is 0.204 e. The highest BCUT2D eigenvalue weighted by atomic mass is 79.9. The SMILES string of the molecule is Cc1cc(-c2cc(F)c(F)c(F)c2)c(CBr)c(-c2c(C)c(C)cc(-c3cc(F)c(F)c(F)c3)c2CBr)c1C. The first-order valence-electron chi connectivity index (χ1n) is 11.6. The summed E-state index contributed by atoms with van der Waals surface area (Å²) in [4.78, 5) is 0. The van der Waals surface area contributed by atoms with E-state index >= 15 is 0 Å². The van der Waals surface area contributed by atoms with Gasteiger partial charge in [-0.25, -0.2) is 26.3 Å². The Labute approximate surface area is 234 Å². The van der Waals surface area contributed by atoms with Gasteiger partial charge in [0.15, 0.2) is 34.9 Å². The molecule has 8 heteroatoms. The molecule has 0 bridgehead atoms. The molecule has 0 radical (unpaired) electrons. The zero-order valence-corrected chi connectivity index (χ0v) is 24.1. The second-order valence-electron chi connectivity index (χ2n) is 9.21. The summed E-state index contributed by atoms with van der Waals surface area (Å²) < 4.78 is 84.3. The average molecular weight is 656 g/mol. The number of aryl methyl sites for hydroxylation is 2. The minimum absolute atomic E-state index is 0.175. The second-order valence-corrected chi connectivity index (χ2v) is 10.3. The normalized spacial score (nSPS) is 11.4. The first-order valence-corrected chi connectivity index (χ1v) is 13.8. The lowest BCUT2D eigenvalue weighted by Gasteiger charge is -2.25. The average Bonchev–Trinajstić information content (AvgIpc) is 2.87. The fourth-order valence-corrected chi connectivity index (χ4v) is 6.00. The van der Waals surface area contributed by atoms with Gasteiger partial charge in [0, 0.05) is 10.7 Å². The molecule has 0 unspecified atom stereocenters. The van der Waals surface area contributed by atoms with Gasteiger partial charge in [-0.05, 0) is 119 Å². The summed E-state index contributed by atoms with van der Waals surface area (Å²) in [5.74, 6) is -8.27. The summed E-state index contributed by atoms with van der Waals surface area (Å²) in [6, 6.07) is 7.44. The Bertz CT molecular complexity index is 1430. The molecular formula is C30H22Br2F6. The van der Waals surface area contributed by atoms with Crippen molar-refractivity contribution in [1.29, 1.82) is 0 Å². The highest BCUT2D eigenvalue weighted by Gasteiger charge is 2.25. The van der Waals surface area contributed by atoms with E-state index in [-0.39, 0.29) is 11.1 Å². The Morgan fingerprint density at radius 3 is 1.05 bits per heavy atom. The molecule has 0 aliphatic rings. The van der Waals surface area contributed by atoms with Crippen LogP contribution in [0.5, 0.6) is 0 Å². The molecular weight excluding hydrogens is 634 g/mol. The summed E-state index contributed by atoms with van der Waals surface area (Å²) in [7, 11) is 0. The Morgan fingerprint density at radius 2 is 0.789 bits per heavy atom. The zero-order valence-electron chi connectivity index (χ0n) is 20.9. The van der Waals surface area contributed by atoms with Crippen molar-refractivity contribution in [3.63, 3.8) is 0 Å². The first kappa shape index (κ1) is 28.4. The van der Waals surface area contributed by atoms with Crippen molar-refractivity contribution in [3.8, 4) is 33.4 Å². The van der Waals surface area contributed by atoms with E-state index in [1.54, 1.807) is 12.1 Å². The van der Waals surface area contributed by atoms with E-state index in [1.165, 1.54) is 0 Å². The van der Waals surface area contributed by atoms with Crippen LogP contribution in [0.4, 0.5) is 26.3 Å². The highest BCUT2D eigenvalue weighted by molar-refractivity contribution is 9.08. The number of benzene rings is 4. The summed E-state index contributed by atoms with van der Waals surface area (Å²) in [6.07, 6.45) is 0. The molecule has 0 spiro atoms. The molecule has 0 aliphatic heterocycles. The molecule has 0 heterocycles. The van der Waals surface area contributed by atoms with Crippen LogP contribution in [-0.4, -0.2) is 0 Å². The molecule has 198 valence electrons. The second kappa shape index (κ2) is 10.9. The third-order valence-electron chi connectivity index (χ3n) is 7.02. The molecule has 0 aliphatic carbocycles. The van der Waals surface area contributed by atoms with Crippen LogP contribution < -0.4 is 0 Å². The van der Waals surface area contributed by atoms with Crippen molar-refractivity contribution in [3.05, 3.63) is 105 Å². The van der Waals surface area contributed by atoms with Crippen molar-refractivity contribution >= 4 is 31.9 Å². The van der Waals surface area contributed by atoms with Gasteiger partial charge in [-0.1, -0.05) is 44.0 Å². The maximum atomic E-state index is 14.2. The lowest BCUT2D eigenvalue weighted by molar-refractivity contribution is 0.447. The van der Waals surface area contributed by atoms with Gasteiger partial charge in [-0.15, -0.1) is 0 Å². The van der Waals surface area contributed by atoms with Crippen molar-refractivity contribution in [2.75, 3.05) is 0 Å². The Morgan fingerprint density at radius 1 is 0.500 bits per heavy atom. The summed E-state index contributed by atoms with van der Waals surface area (Å²) >= 11 is 7.06. The van der Waals surface area contributed by atoms with Crippen LogP contribution in [0.3, 0.4) is 0 Å². The molecule has 0 amide bonds. The smallest absolute Gasteiger partial charge is 0.194 e. The molecule has 0 N–H and O–H groups in total. The third-order valence-corrected chi connectivity index (χ3v) is 8.14. The first-order chi connectivity index (χ1) is 17.9. The Balaban J connectivity index is 2.14. The highest BCUT2D eigenvalue weighted by Crippen LogP contribution is 2.45. The molecule has 4 aromatic rings. The molecule has 4 aromatic carbocycles. The van der Waals surface area contributed by atoms with E-state index in [4.69, 9.17) is 0 Å². The molecule has 0 aromatic heterocycles. The van der Waals surface area contributed by atoms with Gasteiger partial charge < -0.3 is 0 Å². The molecule has 4 rings (SSSR count). The van der Waals surface area contributed by atoms with Crippen LogP contribution in [0.15, 0.2) is 36.4 Å². The van der Waals surface area contributed by atoms with Gasteiger partial charge in [-0.3, -0.25) is 0 Å². The lowest BCUT2D eigenvalue weighted by atomic mass is 9.80. The van der Waals surface area contributed by atoms with E-state index in [9.17, 15) is 26.3 Å². The van der Waals surface area contributed by atoms with E-state index in [0.29, 0.717) is 32.9 Å². The fourth-order valence-electron chi connectivity index (χ4n) is 4.83. The standard InChI is InChI=1S/C30H22Br2F6/c1-13-5-19(17-7-23(33)29(37)24(34)8-17)21(11-31)27(15(13)3)28-16(4)14(2)6-20(22(28)12-32)18-9-25(35)30(38)26(36)10-18/h5-10H,11-12H2,1-4H3. The molecule has 0 saturated carbocycles. The van der Waals surface area contributed by atoms with Crippen LogP contribution in [0.1, 0.15) is 33.4 Å².